The third kappa shape index (κ3) is 2.80. The van der Waals surface area contributed by atoms with Gasteiger partial charge in [0.25, 0.3) is 0 Å². The molecule has 0 N–H and O–H groups in total. The lowest BCUT2D eigenvalue weighted by atomic mass is 10.2. The maximum absolute atomic E-state index is 13.3. The molecule has 3 nitrogen and oxygen atoms in total. The highest BCUT2D eigenvalue weighted by molar-refractivity contribution is 5.54. The Morgan fingerprint density at radius 1 is 1.38 bits per heavy atom. The molecule has 0 aliphatic heterocycles. The lowest BCUT2D eigenvalue weighted by molar-refractivity contribution is 0.300. The quantitative estimate of drug-likeness (QED) is 0.434. The number of terminal acetylenes is 1. The molecule has 4 heteroatoms. The van der Waals surface area contributed by atoms with Gasteiger partial charge in [-0.3, -0.25) is 5.01 Å². The first kappa shape index (κ1) is 12.2. The Hall–Kier alpha value is -1.89. The van der Waals surface area contributed by atoms with Crippen molar-refractivity contribution in [1.29, 1.82) is 0 Å². The van der Waals surface area contributed by atoms with Crippen molar-refractivity contribution in [2.75, 3.05) is 13.1 Å². The maximum atomic E-state index is 13.3. The molecule has 0 unspecified atom stereocenters. The van der Waals surface area contributed by atoms with Crippen LogP contribution in [-0.2, 0) is 0 Å². The molecule has 0 heterocycles. The predicted octanol–water partition coefficient (Wildman–Crippen LogP) is 3.15. The molecule has 0 radical (unpaired) electrons. The van der Waals surface area contributed by atoms with Crippen LogP contribution in [0.15, 0.2) is 28.5 Å². The summed E-state index contributed by atoms with van der Waals surface area (Å²) in [6, 6.07) is 4.52. The van der Waals surface area contributed by atoms with E-state index in [2.05, 4.69) is 16.3 Å². The lowest BCUT2D eigenvalue weighted by Gasteiger charge is -2.11. The minimum atomic E-state index is -0.446. The van der Waals surface area contributed by atoms with Gasteiger partial charge in [-0.25, -0.2) is 4.39 Å². The summed E-state index contributed by atoms with van der Waals surface area (Å²) in [6.07, 6.45) is 5.22. The molecule has 0 atom stereocenters. The van der Waals surface area contributed by atoms with Crippen molar-refractivity contribution in [1.82, 2.24) is 5.01 Å². The summed E-state index contributed by atoms with van der Waals surface area (Å²) >= 11 is 0. The number of nitrogens with zero attached hydrogens (tertiary/aromatic N) is 3. The Morgan fingerprint density at radius 2 is 2.06 bits per heavy atom. The van der Waals surface area contributed by atoms with Gasteiger partial charge in [0.15, 0.2) is 0 Å². The molecule has 0 aliphatic carbocycles. The van der Waals surface area contributed by atoms with Crippen molar-refractivity contribution < 1.29 is 4.39 Å². The zero-order chi connectivity index (χ0) is 12.0. The molecule has 0 spiro atoms. The average molecular weight is 219 g/mol. The summed E-state index contributed by atoms with van der Waals surface area (Å²) < 4.78 is 13.3. The van der Waals surface area contributed by atoms with E-state index in [9.17, 15) is 4.39 Å². The number of hydrogen-bond donors (Lipinski definition) is 0. The molecule has 84 valence electrons. The second-order valence-electron chi connectivity index (χ2n) is 3.11. The molecular weight excluding hydrogens is 205 g/mol. The van der Waals surface area contributed by atoms with Gasteiger partial charge in [-0.15, -0.1) is 11.5 Å². The van der Waals surface area contributed by atoms with E-state index in [1.807, 2.05) is 13.8 Å². The van der Waals surface area contributed by atoms with E-state index in [1.54, 1.807) is 17.1 Å². The van der Waals surface area contributed by atoms with Gasteiger partial charge in [0, 0.05) is 13.1 Å². The second kappa shape index (κ2) is 5.86. The van der Waals surface area contributed by atoms with Crippen LogP contribution >= 0.6 is 0 Å². The summed E-state index contributed by atoms with van der Waals surface area (Å²) in [5.41, 5.74) is 0.535. The standard InChI is InChI=1S/C12H14FN3/c1-4-10-11(13)8-7-9-12(10)14-15-16(5-2)6-3/h1,7-9H,5-6H2,2-3H3. The second-order valence-corrected chi connectivity index (χ2v) is 3.11. The summed E-state index contributed by atoms with van der Waals surface area (Å²) in [7, 11) is 0. The topological polar surface area (TPSA) is 28.0 Å². The molecule has 0 aromatic heterocycles. The highest BCUT2D eigenvalue weighted by Crippen LogP contribution is 2.21. The van der Waals surface area contributed by atoms with E-state index < -0.39 is 5.82 Å². The van der Waals surface area contributed by atoms with Crippen LogP contribution in [0.3, 0.4) is 0 Å². The molecule has 0 amide bonds. The van der Waals surface area contributed by atoms with Crippen molar-refractivity contribution in [2.24, 2.45) is 10.3 Å². The van der Waals surface area contributed by atoms with Crippen LogP contribution in [0.4, 0.5) is 10.1 Å². The Balaban J connectivity index is 2.98. The monoisotopic (exact) mass is 219 g/mol. The van der Waals surface area contributed by atoms with E-state index in [0.29, 0.717) is 5.69 Å². The number of halogens is 1. The van der Waals surface area contributed by atoms with Crippen LogP contribution in [0.1, 0.15) is 19.4 Å². The van der Waals surface area contributed by atoms with Gasteiger partial charge in [0.1, 0.15) is 11.5 Å². The van der Waals surface area contributed by atoms with Crippen LogP contribution in [0.5, 0.6) is 0 Å². The van der Waals surface area contributed by atoms with Gasteiger partial charge < -0.3 is 0 Å². The van der Waals surface area contributed by atoms with Gasteiger partial charge in [-0.05, 0) is 26.0 Å². The van der Waals surface area contributed by atoms with E-state index in [0.717, 1.165) is 13.1 Å². The molecule has 0 saturated heterocycles. The smallest absolute Gasteiger partial charge is 0.141 e. The maximum Gasteiger partial charge on any atom is 0.141 e. The first-order valence-corrected chi connectivity index (χ1v) is 5.14. The molecule has 16 heavy (non-hydrogen) atoms. The summed E-state index contributed by atoms with van der Waals surface area (Å²) in [6.45, 7) is 5.44. The first-order chi connectivity index (χ1) is 7.72. The molecule has 0 saturated carbocycles. The molecule has 1 aromatic rings. The number of hydrogen-bond acceptors (Lipinski definition) is 2. The average Bonchev–Trinajstić information content (AvgIpc) is 2.30. The largest absolute Gasteiger partial charge is 0.279 e. The van der Waals surface area contributed by atoms with Crippen molar-refractivity contribution in [3.05, 3.63) is 29.6 Å². The normalized spacial score (nSPS) is 10.4. The van der Waals surface area contributed by atoms with Gasteiger partial charge in [-0.2, -0.15) is 0 Å². The fourth-order valence-electron chi connectivity index (χ4n) is 1.20. The minimum absolute atomic E-state index is 0.151. The Morgan fingerprint density at radius 3 is 2.62 bits per heavy atom. The van der Waals surface area contributed by atoms with Crippen LogP contribution in [0.2, 0.25) is 0 Å². The lowest BCUT2D eigenvalue weighted by Crippen LogP contribution is -2.14. The molecule has 0 bridgehead atoms. The van der Waals surface area contributed by atoms with E-state index in [4.69, 9.17) is 6.42 Å². The number of benzene rings is 1. The van der Waals surface area contributed by atoms with Gasteiger partial charge in [0.2, 0.25) is 0 Å². The van der Waals surface area contributed by atoms with Gasteiger partial charge >= 0.3 is 0 Å². The summed E-state index contributed by atoms with van der Waals surface area (Å²) in [5, 5.41) is 9.68. The van der Waals surface area contributed by atoms with Crippen LogP contribution in [0, 0.1) is 18.2 Å². The van der Waals surface area contributed by atoms with Crippen molar-refractivity contribution in [3.8, 4) is 12.3 Å². The fraction of sp³-hybridized carbons (Fsp3) is 0.333. The Kier molecular flexibility index (Phi) is 4.46. The van der Waals surface area contributed by atoms with Crippen LogP contribution < -0.4 is 0 Å². The van der Waals surface area contributed by atoms with E-state index in [1.165, 1.54) is 6.07 Å². The molecule has 1 rings (SSSR count). The molecule has 0 fully saturated rings. The predicted molar refractivity (Wildman–Crippen MR) is 61.8 cm³/mol. The zero-order valence-corrected chi connectivity index (χ0v) is 9.44. The fourth-order valence-corrected chi connectivity index (χ4v) is 1.20. The highest BCUT2D eigenvalue weighted by atomic mass is 19.1. The van der Waals surface area contributed by atoms with Crippen LogP contribution in [0.25, 0.3) is 0 Å². The zero-order valence-electron chi connectivity index (χ0n) is 9.44. The summed E-state index contributed by atoms with van der Waals surface area (Å²) in [4.78, 5) is 0. The van der Waals surface area contributed by atoms with Crippen molar-refractivity contribution >= 4 is 5.69 Å². The third-order valence-electron chi connectivity index (χ3n) is 2.14. The van der Waals surface area contributed by atoms with Crippen molar-refractivity contribution in [2.45, 2.75) is 13.8 Å². The minimum Gasteiger partial charge on any atom is -0.279 e. The third-order valence-corrected chi connectivity index (χ3v) is 2.14. The van der Waals surface area contributed by atoms with E-state index in [-0.39, 0.29) is 5.56 Å². The Labute approximate surface area is 95.0 Å². The van der Waals surface area contributed by atoms with Crippen LogP contribution in [-0.4, -0.2) is 18.1 Å². The first-order valence-electron chi connectivity index (χ1n) is 5.14. The van der Waals surface area contributed by atoms with Gasteiger partial charge in [0.05, 0.1) is 5.56 Å². The van der Waals surface area contributed by atoms with Gasteiger partial charge in [-0.1, -0.05) is 17.2 Å². The number of rotatable bonds is 4. The highest BCUT2D eigenvalue weighted by Gasteiger charge is 2.04. The Bertz CT molecular complexity index is 417. The SMILES string of the molecule is C#Cc1c(F)cccc1N=NN(CC)CC. The van der Waals surface area contributed by atoms with E-state index >= 15 is 0 Å². The summed E-state index contributed by atoms with van der Waals surface area (Å²) in [5.74, 6) is 1.83. The van der Waals surface area contributed by atoms with Crippen molar-refractivity contribution in [3.63, 3.8) is 0 Å². The molecule has 0 aliphatic rings. The molecule has 1 aromatic carbocycles. The molecular formula is C12H14FN3.